The Kier molecular flexibility index (Phi) is 2.99. The van der Waals surface area contributed by atoms with Gasteiger partial charge in [-0.3, -0.25) is 14.4 Å². The first-order valence-electron chi connectivity index (χ1n) is 7.05. The average Bonchev–Trinajstić information content (AvgIpc) is 3.15. The molecule has 3 amide bonds. The van der Waals surface area contributed by atoms with Crippen LogP contribution < -0.4 is 5.32 Å². The van der Waals surface area contributed by atoms with Crippen molar-refractivity contribution in [3.8, 4) is 0 Å². The summed E-state index contributed by atoms with van der Waals surface area (Å²) in [6, 6.07) is -0.307. The number of rotatable bonds is 5. The largest absolute Gasteiger partial charge is 0.325 e. The molecule has 20 heavy (non-hydrogen) atoms. The van der Waals surface area contributed by atoms with Crippen molar-refractivity contribution >= 4 is 11.9 Å². The molecule has 1 saturated heterocycles. The van der Waals surface area contributed by atoms with E-state index in [1.54, 1.807) is 11.7 Å². The summed E-state index contributed by atoms with van der Waals surface area (Å²) in [7, 11) is 1.75. The molecule has 0 aromatic carbocycles. The van der Waals surface area contributed by atoms with E-state index in [9.17, 15) is 9.59 Å². The van der Waals surface area contributed by atoms with Crippen LogP contribution in [-0.2, 0) is 18.4 Å². The van der Waals surface area contributed by atoms with E-state index >= 15 is 0 Å². The first-order chi connectivity index (χ1) is 9.58. The van der Waals surface area contributed by atoms with E-state index in [2.05, 4.69) is 15.4 Å². The summed E-state index contributed by atoms with van der Waals surface area (Å²) in [6.07, 6.45) is 5.04. The van der Waals surface area contributed by atoms with E-state index in [0.717, 1.165) is 19.3 Å². The van der Waals surface area contributed by atoms with Crippen LogP contribution in [0.25, 0.3) is 0 Å². The van der Waals surface area contributed by atoms with E-state index in [1.807, 2.05) is 6.92 Å². The Morgan fingerprint density at radius 1 is 1.45 bits per heavy atom. The SMILES string of the molecule is CCCC1(C2CC2)NC(=O)N(Cc2ncnn2C)C1=O. The number of aryl methyl sites for hydroxylation is 1. The van der Waals surface area contributed by atoms with Gasteiger partial charge >= 0.3 is 6.03 Å². The molecule has 2 aliphatic rings. The molecule has 3 rings (SSSR count). The average molecular weight is 277 g/mol. The Hall–Kier alpha value is -1.92. The molecule has 1 aliphatic heterocycles. The summed E-state index contributed by atoms with van der Waals surface area (Å²) >= 11 is 0. The maximum Gasteiger partial charge on any atom is 0.325 e. The Labute approximate surface area is 117 Å². The van der Waals surface area contributed by atoms with E-state index in [-0.39, 0.29) is 18.5 Å². The molecule has 7 heteroatoms. The van der Waals surface area contributed by atoms with Crippen molar-refractivity contribution in [2.24, 2.45) is 13.0 Å². The molecule has 1 saturated carbocycles. The predicted octanol–water partition coefficient (Wildman–Crippen LogP) is 0.816. The molecule has 1 aromatic rings. The van der Waals surface area contributed by atoms with Crippen molar-refractivity contribution in [3.05, 3.63) is 12.2 Å². The molecule has 1 unspecified atom stereocenters. The van der Waals surface area contributed by atoms with Crippen molar-refractivity contribution in [1.29, 1.82) is 0 Å². The monoisotopic (exact) mass is 277 g/mol. The maximum absolute atomic E-state index is 12.7. The molecule has 0 spiro atoms. The predicted molar refractivity (Wildman–Crippen MR) is 70.4 cm³/mol. The number of carbonyl (C=O) groups excluding carboxylic acids is 2. The fraction of sp³-hybridized carbons (Fsp3) is 0.692. The Morgan fingerprint density at radius 3 is 2.75 bits per heavy atom. The summed E-state index contributed by atoms with van der Waals surface area (Å²) < 4.78 is 1.58. The molecule has 1 aromatic heterocycles. The van der Waals surface area contributed by atoms with Gasteiger partial charge in [0.15, 0.2) is 0 Å². The molecule has 1 aliphatic carbocycles. The third kappa shape index (κ3) is 1.88. The molecule has 1 atom stereocenters. The van der Waals surface area contributed by atoms with Gasteiger partial charge in [-0.2, -0.15) is 5.10 Å². The lowest BCUT2D eigenvalue weighted by Gasteiger charge is -2.26. The van der Waals surface area contributed by atoms with Gasteiger partial charge in [-0.05, 0) is 25.2 Å². The summed E-state index contributed by atoms with van der Waals surface area (Å²) in [6.45, 7) is 2.22. The second-order valence-electron chi connectivity index (χ2n) is 5.62. The lowest BCUT2D eigenvalue weighted by atomic mass is 9.88. The van der Waals surface area contributed by atoms with Gasteiger partial charge in [0.1, 0.15) is 17.7 Å². The number of urea groups is 1. The number of nitrogens with one attached hydrogen (secondary N) is 1. The first kappa shape index (κ1) is 13.1. The molecule has 7 nitrogen and oxygen atoms in total. The van der Waals surface area contributed by atoms with Crippen molar-refractivity contribution in [1.82, 2.24) is 25.0 Å². The van der Waals surface area contributed by atoms with Crippen LogP contribution in [0.2, 0.25) is 0 Å². The van der Waals surface area contributed by atoms with Gasteiger partial charge in [0.2, 0.25) is 0 Å². The molecular weight excluding hydrogens is 258 g/mol. The highest BCUT2D eigenvalue weighted by atomic mass is 16.2. The van der Waals surface area contributed by atoms with Gasteiger partial charge in [-0.15, -0.1) is 0 Å². The molecule has 0 bridgehead atoms. The Morgan fingerprint density at radius 2 is 2.20 bits per heavy atom. The minimum Gasteiger partial charge on any atom is -0.323 e. The smallest absolute Gasteiger partial charge is 0.323 e. The lowest BCUT2D eigenvalue weighted by Crippen LogP contribution is -2.49. The zero-order valence-electron chi connectivity index (χ0n) is 11.8. The molecule has 0 radical (unpaired) electrons. The van der Waals surface area contributed by atoms with Crippen LogP contribution >= 0.6 is 0 Å². The number of hydrogen-bond donors (Lipinski definition) is 1. The summed E-state index contributed by atoms with van der Waals surface area (Å²) in [5, 5.41) is 6.91. The van der Waals surface area contributed by atoms with Crippen LogP contribution in [0.4, 0.5) is 4.79 Å². The van der Waals surface area contributed by atoms with Gasteiger partial charge in [0.25, 0.3) is 5.91 Å². The van der Waals surface area contributed by atoms with Crippen LogP contribution in [0, 0.1) is 5.92 Å². The van der Waals surface area contributed by atoms with Crippen LogP contribution in [0.1, 0.15) is 38.4 Å². The highest BCUT2D eigenvalue weighted by Crippen LogP contribution is 2.45. The zero-order valence-corrected chi connectivity index (χ0v) is 11.8. The molecule has 2 heterocycles. The standard InChI is InChI=1S/C13H19N5O2/c1-3-6-13(9-4-5-9)11(19)18(12(20)16-13)7-10-14-8-15-17(10)2/h8-9H,3-7H2,1-2H3,(H,16,20). The number of imide groups is 1. The van der Waals surface area contributed by atoms with Crippen LogP contribution in [0.3, 0.4) is 0 Å². The van der Waals surface area contributed by atoms with Crippen molar-refractivity contribution < 1.29 is 9.59 Å². The molecular formula is C13H19N5O2. The second-order valence-corrected chi connectivity index (χ2v) is 5.62. The topological polar surface area (TPSA) is 80.1 Å². The fourth-order valence-electron chi connectivity index (χ4n) is 3.01. The van der Waals surface area contributed by atoms with Gasteiger partial charge in [-0.25, -0.2) is 9.78 Å². The van der Waals surface area contributed by atoms with Crippen molar-refractivity contribution in [3.63, 3.8) is 0 Å². The van der Waals surface area contributed by atoms with Crippen LogP contribution in [0.15, 0.2) is 6.33 Å². The van der Waals surface area contributed by atoms with Crippen molar-refractivity contribution in [2.45, 2.75) is 44.7 Å². The van der Waals surface area contributed by atoms with Gasteiger partial charge in [-0.1, -0.05) is 13.3 Å². The first-order valence-corrected chi connectivity index (χ1v) is 7.05. The van der Waals surface area contributed by atoms with E-state index in [4.69, 9.17) is 0 Å². The number of nitrogens with zero attached hydrogens (tertiary/aromatic N) is 4. The van der Waals surface area contributed by atoms with Gasteiger partial charge in [0, 0.05) is 7.05 Å². The fourth-order valence-corrected chi connectivity index (χ4v) is 3.01. The van der Waals surface area contributed by atoms with Gasteiger partial charge < -0.3 is 5.32 Å². The second kappa shape index (κ2) is 4.57. The molecule has 1 N–H and O–H groups in total. The number of carbonyl (C=O) groups is 2. The van der Waals surface area contributed by atoms with E-state index < -0.39 is 5.54 Å². The minimum absolute atomic E-state index is 0.102. The highest BCUT2D eigenvalue weighted by molar-refractivity contribution is 6.07. The lowest BCUT2D eigenvalue weighted by molar-refractivity contribution is -0.132. The highest BCUT2D eigenvalue weighted by Gasteiger charge is 2.58. The number of amides is 3. The zero-order chi connectivity index (χ0) is 14.3. The van der Waals surface area contributed by atoms with Crippen LogP contribution in [0.5, 0.6) is 0 Å². The molecule has 108 valence electrons. The summed E-state index contributed by atoms with van der Waals surface area (Å²) in [5.74, 6) is 0.801. The third-order valence-electron chi connectivity index (χ3n) is 4.23. The Bertz CT molecular complexity index is 551. The van der Waals surface area contributed by atoms with Crippen molar-refractivity contribution in [2.75, 3.05) is 0 Å². The maximum atomic E-state index is 12.7. The minimum atomic E-state index is -0.676. The summed E-state index contributed by atoms with van der Waals surface area (Å²) in [5.41, 5.74) is -0.676. The number of hydrogen-bond acceptors (Lipinski definition) is 4. The number of aromatic nitrogens is 3. The van der Waals surface area contributed by atoms with Gasteiger partial charge in [0.05, 0.1) is 6.54 Å². The Balaban J connectivity index is 1.84. The van der Waals surface area contributed by atoms with E-state index in [1.165, 1.54) is 11.2 Å². The normalized spacial score (nSPS) is 26.2. The molecule has 2 fully saturated rings. The van der Waals surface area contributed by atoms with Crippen LogP contribution in [-0.4, -0.2) is 37.1 Å². The quantitative estimate of drug-likeness (QED) is 0.808. The third-order valence-corrected chi connectivity index (χ3v) is 4.23. The van der Waals surface area contributed by atoms with E-state index in [0.29, 0.717) is 18.2 Å². The summed E-state index contributed by atoms with van der Waals surface area (Å²) in [4.78, 5) is 30.3.